The molecule has 5 heteroatoms. The van der Waals surface area contributed by atoms with E-state index in [2.05, 4.69) is 16.3 Å². The average Bonchev–Trinajstić information content (AvgIpc) is 2.27. The molecule has 0 spiro atoms. The largest absolute Gasteiger partial charge is 0.598 e. The molecule has 18 heavy (non-hydrogen) atoms. The lowest BCUT2D eigenvalue weighted by Gasteiger charge is -2.27. The highest BCUT2D eigenvalue weighted by Gasteiger charge is 2.29. The van der Waals surface area contributed by atoms with E-state index in [9.17, 15) is 4.55 Å². The van der Waals surface area contributed by atoms with Crippen LogP contribution in [-0.4, -0.2) is 14.3 Å². The normalized spacial score (nSPS) is 15.2. The number of nitrogens with zero attached hydrogens (tertiary/aromatic N) is 1. The molecule has 1 unspecified atom stereocenters. The van der Waals surface area contributed by atoms with E-state index in [-0.39, 0.29) is 10.8 Å². The number of halogens is 1. The van der Waals surface area contributed by atoms with Crippen molar-refractivity contribution in [3.05, 3.63) is 41.7 Å². The summed E-state index contributed by atoms with van der Waals surface area (Å²) >= 11 is 4.78. The van der Waals surface area contributed by atoms with Crippen molar-refractivity contribution in [2.45, 2.75) is 38.0 Å². The molecule has 100 valence electrons. The number of aromatic nitrogens is 1. The molecule has 1 aromatic heterocycles. The summed E-state index contributed by atoms with van der Waals surface area (Å²) < 4.78 is 14.9. The molecule has 1 aromatic rings. The Kier molecular flexibility index (Phi) is 5.66. The molecule has 0 saturated carbocycles. The summed E-state index contributed by atoms with van der Waals surface area (Å²) in [5, 5.41) is 0.574. The molecule has 0 aliphatic carbocycles. The zero-order chi connectivity index (χ0) is 13.8. The molecule has 0 aliphatic heterocycles. The molecule has 3 nitrogen and oxygen atoms in total. The third kappa shape index (κ3) is 4.61. The van der Waals surface area contributed by atoms with Crippen molar-refractivity contribution in [2.75, 3.05) is 0 Å². The maximum Gasteiger partial charge on any atom is 0.136 e. The van der Waals surface area contributed by atoms with Gasteiger partial charge in [-0.1, -0.05) is 17.7 Å². The van der Waals surface area contributed by atoms with Gasteiger partial charge in [-0.2, -0.15) is 0 Å². The maximum absolute atomic E-state index is 12.1. The predicted molar refractivity (Wildman–Crippen MR) is 77.8 cm³/mol. The summed E-state index contributed by atoms with van der Waals surface area (Å²) in [5.41, 5.74) is 0.917. The molecule has 0 aromatic carbocycles. The fourth-order valence-electron chi connectivity index (χ4n) is 1.34. The molecule has 2 atom stereocenters. The van der Waals surface area contributed by atoms with E-state index in [1.165, 1.54) is 0 Å². The number of pyridine rings is 1. The van der Waals surface area contributed by atoms with E-state index >= 15 is 0 Å². The number of hydrogen-bond acceptors (Lipinski definition) is 3. The van der Waals surface area contributed by atoms with Crippen molar-refractivity contribution < 1.29 is 4.55 Å². The summed E-state index contributed by atoms with van der Waals surface area (Å²) in [5.74, 6) is 0. The summed E-state index contributed by atoms with van der Waals surface area (Å²) in [7, 11) is 0. The topological polar surface area (TPSA) is 48.0 Å². The minimum Gasteiger partial charge on any atom is -0.598 e. The molecule has 1 heterocycles. The van der Waals surface area contributed by atoms with E-state index in [0.717, 1.165) is 5.56 Å². The summed E-state index contributed by atoms with van der Waals surface area (Å²) in [4.78, 5) is 4.05. The standard InChI is InChI=1S/C13H19ClN2OS/c1-5-6-12(16-18(17)13(2,3)4)10-7-11(14)9-15-8-10/h5,7-9,12,16H,1,6H2,2-4H3/t12?,18-/m1/s1. The first-order valence-electron chi connectivity index (χ1n) is 5.74. The average molecular weight is 287 g/mol. The number of nitrogens with one attached hydrogen (secondary N) is 1. The lowest BCUT2D eigenvalue weighted by Crippen LogP contribution is -2.41. The van der Waals surface area contributed by atoms with Crippen LogP contribution in [0.4, 0.5) is 0 Å². The fourth-order valence-corrected chi connectivity index (χ4v) is 2.37. The molecule has 0 fully saturated rings. The number of hydrogen-bond donors (Lipinski definition) is 1. The fraction of sp³-hybridized carbons (Fsp3) is 0.462. The van der Waals surface area contributed by atoms with Crippen molar-refractivity contribution >= 4 is 23.0 Å². The van der Waals surface area contributed by atoms with Crippen molar-refractivity contribution in [2.24, 2.45) is 0 Å². The van der Waals surface area contributed by atoms with Crippen LogP contribution in [0.2, 0.25) is 5.02 Å². The van der Waals surface area contributed by atoms with Crippen molar-refractivity contribution in [3.63, 3.8) is 0 Å². The summed E-state index contributed by atoms with van der Waals surface area (Å²) in [6.45, 7) is 9.51. The monoisotopic (exact) mass is 286 g/mol. The predicted octanol–water partition coefficient (Wildman–Crippen LogP) is 3.40. The van der Waals surface area contributed by atoms with Crippen LogP contribution in [0.15, 0.2) is 31.1 Å². The van der Waals surface area contributed by atoms with Crippen LogP contribution in [0.5, 0.6) is 0 Å². The Morgan fingerprint density at radius 1 is 1.56 bits per heavy atom. The highest BCUT2D eigenvalue weighted by Crippen LogP contribution is 2.23. The minimum atomic E-state index is -1.14. The van der Waals surface area contributed by atoms with Crippen molar-refractivity contribution in [1.82, 2.24) is 9.71 Å². The molecule has 0 aliphatic rings. The zero-order valence-electron chi connectivity index (χ0n) is 10.9. The SMILES string of the molecule is C=CCC(N[S@+]([O-])C(C)(C)C)c1cncc(Cl)c1. The van der Waals surface area contributed by atoms with Gasteiger partial charge in [-0.05, 0) is 38.8 Å². The van der Waals surface area contributed by atoms with Crippen LogP contribution in [0, 0.1) is 0 Å². The molecule has 0 amide bonds. The Bertz CT molecular complexity index is 406. The van der Waals surface area contributed by atoms with Crippen LogP contribution < -0.4 is 4.72 Å². The van der Waals surface area contributed by atoms with Crippen molar-refractivity contribution in [3.8, 4) is 0 Å². The zero-order valence-corrected chi connectivity index (χ0v) is 12.5. The molecule has 1 rings (SSSR count). The van der Waals surface area contributed by atoms with E-state index in [0.29, 0.717) is 11.4 Å². The van der Waals surface area contributed by atoms with Gasteiger partial charge in [0.25, 0.3) is 0 Å². The quantitative estimate of drug-likeness (QED) is 0.666. The van der Waals surface area contributed by atoms with Gasteiger partial charge >= 0.3 is 0 Å². The molecule has 0 radical (unpaired) electrons. The minimum absolute atomic E-state index is 0.0891. The van der Waals surface area contributed by atoms with Gasteiger partial charge in [0, 0.05) is 23.8 Å². The van der Waals surface area contributed by atoms with E-state index < -0.39 is 11.4 Å². The van der Waals surface area contributed by atoms with Gasteiger partial charge in [0.15, 0.2) is 0 Å². The molecular weight excluding hydrogens is 268 g/mol. The smallest absolute Gasteiger partial charge is 0.136 e. The first-order chi connectivity index (χ1) is 8.34. The van der Waals surface area contributed by atoms with Gasteiger partial charge in [0.05, 0.1) is 11.1 Å². The summed E-state index contributed by atoms with van der Waals surface area (Å²) in [6.07, 6.45) is 5.77. The van der Waals surface area contributed by atoms with Gasteiger partial charge in [-0.15, -0.1) is 11.3 Å². The number of rotatable bonds is 5. The van der Waals surface area contributed by atoms with Crippen LogP contribution >= 0.6 is 11.6 Å². The van der Waals surface area contributed by atoms with Crippen molar-refractivity contribution in [1.29, 1.82) is 0 Å². The van der Waals surface area contributed by atoms with Crippen LogP contribution in [0.3, 0.4) is 0 Å². The lowest BCUT2D eigenvalue weighted by molar-refractivity contribution is 0.524. The molecule has 0 bridgehead atoms. The van der Waals surface area contributed by atoms with Gasteiger partial charge in [-0.25, -0.2) is 0 Å². The second kappa shape index (κ2) is 6.57. The Labute approximate surface area is 117 Å². The highest BCUT2D eigenvalue weighted by atomic mass is 35.5. The van der Waals surface area contributed by atoms with E-state index in [4.69, 9.17) is 11.6 Å². The second-order valence-corrected chi connectivity index (χ2v) is 7.45. The van der Waals surface area contributed by atoms with Gasteiger partial charge in [0.2, 0.25) is 0 Å². The lowest BCUT2D eigenvalue weighted by atomic mass is 10.1. The summed E-state index contributed by atoms with van der Waals surface area (Å²) in [6, 6.07) is 1.74. The van der Waals surface area contributed by atoms with E-state index in [1.807, 2.05) is 26.8 Å². The van der Waals surface area contributed by atoms with Gasteiger partial charge in [-0.3, -0.25) is 4.98 Å². The van der Waals surface area contributed by atoms with Gasteiger partial charge < -0.3 is 4.55 Å². The third-order valence-corrected chi connectivity index (χ3v) is 4.15. The molecular formula is C13H19ClN2OS. The van der Waals surface area contributed by atoms with Crippen LogP contribution in [0.25, 0.3) is 0 Å². The molecule has 0 saturated heterocycles. The van der Waals surface area contributed by atoms with Gasteiger partial charge in [0.1, 0.15) is 4.75 Å². The Balaban J connectivity index is 2.86. The Morgan fingerprint density at radius 2 is 2.22 bits per heavy atom. The first-order valence-corrected chi connectivity index (χ1v) is 7.26. The van der Waals surface area contributed by atoms with E-state index in [1.54, 1.807) is 18.5 Å². The Hall–Kier alpha value is -0.550. The molecule has 1 N–H and O–H groups in total. The maximum atomic E-state index is 12.1. The van der Waals surface area contributed by atoms with Crippen LogP contribution in [0.1, 0.15) is 38.8 Å². The third-order valence-electron chi connectivity index (χ3n) is 2.34. The second-order valence-electron chi connectivity index (χ2n) is 5.01. The van der Waals surface area contributed by atoms with Crippen LogP contribution in [-0.2, 0) is 11.4 Å². The Morgan fingerprint density at radius 3 is 2.72 bits per heavy atom. The first kappa shape index (κ1) is 15.5. The highest BCUT2D eigenvalue weighted by molar-refractivity contribution is 7.90.